The first-order chi connectivity index (χ1) is 14.3. The molecule has 1 aliphatic rings. The predicted molar refractivity (Wildman–Crippen MR) is 108 cm³/mol. The van der Waals surface area contributed by atoms with Crippen LogP contribution in [0.2, 0.25) is 5.02 Å². The van der Waals surface area contributed by atoms with Gasteiger partial charge in [0.2, 0.25) is 0 Å². The molecule has 0 bridgehead atoms. The van der Waals surface area contributed by atoms with Crippen LogP contribution in [0.1, 0.15) is 18.4 Å². The lowest BCUT2D eigenvalue weighted by molar-refractivity contribution is -0.137. The van der Waals surface area contributed by atoms with Crippen molar-refractivity contribution in [1.29, 1.82) is 0 Å². The fourth-order valence-electron chi connectivity index (χ4n) is 3.48. The number of aliphatic hydroxyl groups excluding tert-OH is 1. The zero-order valence-electron chi connectivity index (χ0n) is 15.8. The second-order valence-corrected chi connectivity index (χ2v) is 7.51. The van der Waals surface area contributed by atoms with Crippen molar-refractivity contribution >= 4 is 17.4 Å². The zero-order valence-corrected chi connectivity index (χ0v) is 16.5. The van der Waals surface area contributed by atoms with Gasteiger partial charge < -0.3 is 10.0 Å². The summed E-state index contributed by atoms with van der Waals surface area (Å²) < 4.78 is 38.8. The summed E-state index contributed by atoms with van der Waals surface area (Å²) in [7, 11) is 0. The minimum Gasteiger partial charge on any atom is -0.391 e. The third-order valence-electron chi connectivity index (χ3n) is 4.99. The van der Waals surface area contributed by atoms with E-state index in [2.05, 4.69) is 9.97 Å². The van der Waals surface area contributed by atoms with Gasteiger partial charge in [-0.25, -0.2) is 4.98 Å². The van der Waals surface area contributed by atoms with Crippen LogP contribution < -0.4 is 4.90 Å². The number of hydrogen-bond acceptors (Lipinski definition) is 5. The van der Waals surface area contributed by atoms with Crippen molar-refractivity contribution in [1.82, 2.24) is 15.0 Å². The lowest BCUT2D eigenvalue weighted by Crippen LogP contribution is -2.38. The van der Waals surface area contributed by atoms with Gasteiger partial charge in [-0.1, -0.05) is 23.7 Å². The van der Waals surface area contributed by atoms with E-state index >= 15 is 0 Å². The molecule has 5 nitrogen and oxygen atoms in total. The summed E-state index contributed by atoms with van der Waals surface area (Å²) in [5.74, 6) is 0.576. The largest absolute Gasteiger partial charge is 0.416 e. The van der Waals surface area contributed by atoms with E-state index in [4.69, 9.17) is 16.6 Å². The predicted octanol–water partition coefficient (Wildman–Crippen LogP) is 4.84. The summed E-state index contributed by atoms with van der Waals surface area (Å²) in [5, 5.41) is 10.3. The van der Waals surface area contributed by atoms with E-state index in [0.717, 1.165) is 31.5 Å². The fraction of sp³-hybridized carbons (Fsp3) is 0.286. The van der Waals surface area contributed by atoms with Crippen LogP contribution in [0.3, 0.4) is 0 Å². The maximum absolute atomic E-state index is 12.9. The van der Waals surface area contributed by atoms with Gasteiger partial charge in [0.1, 0.15) is 11.5 Å². The Morgan fingerprint density at radius 1 is 1.07 bits per heavy atom. The number of hydrogen-bond donors (Lipinski definition) is 1. The standard InChI is InChI=1S/C21H18ClF3N4O/c22-17-10-26-8-7-16(17)20-19(13-3-5-14(6-4-13)21(23,24)25)27-11-18(28-20)29-9-1-2-15(30)12-29/h3-8,10-11,15,30H,1-2,9,12H2. The van der Waals surface area contributed by atoms with Crippen molar-refractivity contribution in [3.63, 3.8) is 0 Å². The molecule has 30 heavy (non-hydrogen) atoms. The first-order valence-electron chi connectivity index (χ1n) is 9.40. The molecular weight excluding hydrogens is 417 g/mol. The van der Waals surface area contributed by atoms with Crippen LogP contribution in [0.5, 0.6) is 0 Å². The molecule has 0 spiro atoms. The van der Waals surface area contributed by atoms with Crippen molar-refractivity contribution in [2.45, 2.75) is 25.1 Å². The van der Waals surface area contributed by atoms with Crippen LogP contribution in [-0.4, -0.2) is 39.3 Å². The van der Waals surface area contributed by atoms with Gasteiger partial charge in [0.15, 0.2) is 0 Å². The van der Waals surface area contributed by atoms with Gasteiger partial charge in [-0.05, 0) is 31.0 Å². The number of piperidine rings is 1. The van der Waals surface area contributed by atoms with E-state index in [1.165, 1.54) is 18.3 Å². The van der Waals surface area contributed by atoms with Crippen molar-refractivity contribution in [2.75, 3.05) is 18.0 Å². The number of alkyl halides is 3. The second-order valence-electron chi connectivity index (χ2n) is 7.10. The van der Waals surface area contributed by atoms with Crippen molar-refractivity contribution in [3.8, 4) is 22.5 Å². The van der Waals surface area contributed by atoms with Gasteiger partial charge in [-0.3, -0.25) is 9.97 Å². The van der Waals surface area contributed by atoms with Crippen LogP contribution in [0.25, 0.3) is 22.5 Å². The van der Waals surface area contributed by atoms with Crippen LogP contribution in [0.4, 0.5) is 19.0 Å². The van der Waals surface area contributed by atoms with E-state index in [1.54, 1.807) is 18.5 Å². The van der Waals surface area contributed by atoms with E-state index in [-0.39, 0.29) is 0 Å². The highest BCUT2D eigenvalue weighted by atomic mass is 35.5. The van der Waals surface area contributed by atoms with Crippen molar-refractivity contribution < 1.29 is 18.3 Å². The molecular formula is C21H18ClF3N4O. The van der Waals surface area contributed by atoms with E-state index < -0.39 is 17.8 Å². The highest BCUT2D eigenvalue weighted by molar-refractivity contribution is 6.33. The highest BCUT2D eigenvalue weighted by Gasteiger charge is 2.30. The number of β-amino-alcohol motifs (C(OH)–C–C–N with tert-alkyl or cyclic N) is 1. The maximum Gasteiger partial charge on any atom is 0.416 e. The minimum atomic E-state index is -4.42. The van der Waals surface area contributed by atoms with Gasteiger partial charge in [0.25, 0.3) is 0 Å². The smallest absolute Gasteiger partial charge is 0.391 e. The molecule has 1 aliphatic heterocycles. The van der Waals surface area contributed by atoms with Crippen molar-refractivity contribution in [3.05, 3.63) is 59.5 Å². The van der Waals surface area contributed by atoms with E-state index in [0.29, 0.717) is 39.9 Å². The Hall–Kier alpha value is -2.71. The average molecular weight is 435 g/mol. The molecule has 1 saturated heterocycles. The normalized spacial score (nSPS) is 17.2. The molecule has 1 unspecified atom stereocenters. The second kappa shape index (κ2) is 8.20. The van der Waals surface area contributed by atoms with Gasteiger partial charge in [0, 0.05) is 36.6 Å². The molecule has 3 aromatic rings. The number of aromatic nitrogens is 3. The molecule has 0 aliphatic carbocycles. The molecule has 1 aromatic carbocycles. The summed E-state index contributed by atoms with van der Waals surface area (Å²) in [6, 6.07) is 6.47. The molecule has 0 radical (unpaired) electrons. The minimum absolute atomic E-state index is 0.357. The molecule has 1 atom stereocenters. The molecule has 4 rings (SSSR count). The third kappa shape index (κ3) is 4.24. The number of halogens is 4. The van der Waals surface area contributed by atoms with Crippen LogP contribution >= 0.6 is 11.6 Å². The number of aliphatic hydroxyl groups is 1. The number of nitrogens with zero attached hydrogens (tertiary/aromatic N) is 4. The Labute approximate surface area is 176 Å². The monoisotopic (exact) mass is 434 g/mol. The fourth-order valence-corrected chi connectivity index (χ4v) is 3.69. The molecule has 1 N–H and O–H groups in total. The summed E-state index contributed by atoms with van der Waals surface area (Å²) in [4.78, 5) is 15.2. The van der Waals surface area contributed by atoms with Crippen LogP contribution in [0, 0.1) is 0 Å². The number of rotatable bonds is 3. The molecule has 3 heterocycles. The average Bonchev–Trinajstić information content (AvgIpc) is 2.73. The first-order valence-corrected chi connectivity index (χ1v) is 9.78. The topological polar surface area (TPSA) is 62.1 Å². The van der Waals surface area contributed by atoms with E-state index in [1.807, 2.05) is 4.90 Å². The summed E-state index contributed by atoms with van der Waals surface area (Å²) in [6.07, 6.45) is 1.32. The SMILES string of the molecule is OC1CCCN(c2cnc(-c3ccc(C(F)(F)F)cc3)c(-c3ccncc3Cl)n2)C1. The number of pyridine rings is 1. The zero-order chi connectivity index (χ0) is 21.3. The summed E-state index contributed by atoms with van der Waals surface area (Å²) in [5.41, 5.74) is 1.19. The Morgan fingerprint density at radius 2 is 1.83 bits per heavy atom. The van der Waals surface area contributed by atoms with Gasteiger partial charge >= 0.3 is 6.18 Å². The maximum atomic E-state index is 12.9. The quantitative estimate of drug-likeness (QED) is 0.639. The lowest BCUT2D eigenvalue weighted by atomic mass is 10.0. The van der Waals surface area contributed by atoms with E-state index in [9.17, 15) is 18.3 Å². The highest BCUT2D eigenvalue weighted by Crippen LogP contribution is 2.36. The van der Waals surface area contributed by atoms with Gasteiger partial charge in [0.05, 0.1) is 28.6 Å². The Morgan fingerprint density at radius 3 is 2.50 bits per heavy atom. The Kier molecular flexibility index (Phi) is 5.62. The molecule has 0 amide bonds. The summed E-state index contributed by atoms with van der Waals surface area (Å²) in [6.45, 7) is 1.17. The van der Waals surface area contributed by atoms with Gasteiger partial charge in [-0.2, -0.15) is 13.2 Å². The van der Waals surface area contributed by atoms with Crippen LogP contribution in [-0.2, 0) is 6.18 Å². The molecule has 156 valence electrons. The molecule has 1 fully saturated rings. The molecule has 9 heteroatoms. The number of anilines is 1. The molecule has 2 aromatic heterocycles. The number of benzene rings is 1. The third-order valence-corrected chi connectivity index (χ3v) is 5.29. The first kappa shape index (κ1) is 20.6. The van der Waals surface area contributed by atoms with Crippen molar-refractivity contribution in [2.24, 2.45) is 0 Å². The Balaban J connectivity index is 1.81. The van der Waals surface area contributed by atoms with Crippen LogP contribution in [0.15, 0.2) is 48.9 Å². The lowest BCUT2D eigenvalue weighted by Gasteiger charge is -2.31. The molecule has 0 saturated carbocycles. The van der Waals surface area contributed by atoms with Gasteiger partial charge in [-0.15, -0.1) is 0 Å². The summed E-state index contributed by atoms with van der Waals surface area (Å²) >= 11 is 6.33. The Bertz CT molecular complexity index is 1040.